The fraction of sp³-hybridized carbons (Fsp3) is 0. The number of nitrogens with zero attached hydrogens (tertiary/aromatic N) is 2. The summed E-state index contributed by atoms with van der Waals surface area (Å²) in [5.41, 5.74) is -2.70. The molecule has 118 valence electrons. The number of nitro benzene ring substituents is 2. The highest BCUT2D eigenvalue weighted by atomic mass is 16.6. The fourth-order valence-electron chi connectivity index (χ4n) is 1.87. The van der Waals surface area contributed by atoms with Gasteiger partial charge in [-0.25, -0.2) is 4.79 Å². The molecule has 0 aliphatic carbocycles. The van der Waals surface area contributed by atoms with Gasteiger partial charge in [0.25, 0.3) is 0 Å². The second-order valence-electron chi connectivity index (χ2n) is 4.35. The van der Waals surface area contributed by atoms with Crippen LogP contribution in [0.2, 0.25) is 0 Å². The van der Waals surface area contributed by atoms with Crippen LogP contribution >= 0.6 is 0 Å². The molecule has 0 radical (unpaired) electrons. The molecule has 10 heteroatoms. The second-order valence-corrected chi connectivity index (χ2v) is 4.35. The molecule has 3 N–H and O–H groups in total. The Kier molecular flexibility index (Phi) is 4.07. The van der Waals surface area contributed by atoms with Gasteiger partial charge in [0.2, 0.25) is 0 Å². The molecular weight excluding hydrogens is 310 g/mol. The van der Waals surface area contributed by atoms with Gasteiger partial charge in [-0.2, -0.15) is 0 Å². The molecule has 0 spiro atoms. The minimum Gasteiger partial charge on any atom is -0.506 e. The van der Waals surface area contributed by atoms with E-state index < -0.39 is 38.4 Å². The van der Waals surface area contributed by atoms with Gasteiger partial charge in [-0.1, -0.05) is 12.1 Å². The first-order valence-corrected chi connectivity index (χ1v) is 6.06. The summed E-state index contributed by atoms with van der Waals surface area (Å²) in [5, 5.41) is 43.3. The van der Waals surface area contributed by atoms with Crippen LogP contribution in [0.25, 0.3) is 0 Å². The normalized spacial score (nSPS) is 10.1. The van der Waals surface area contributed by atoms with Crippen molar-refractivity contribution in [2.75, 3.05) is 5.32 Å². The van der Waals surface area contributed by atoms with Crippen LogP contribution in [0.4, 0.5) is 22.7 Å². The van der Waals surface area contributed by atoms with Crippen LogP contribution in [0.3, 0.4) is 0 Å². The Morgan fingerprint density at radius 2 is 1.57 bits per heavy atom. The van der Waals surface area contributed by atoms with Crippen LogP contribution in [-0.2, 0) is 0 Å². The highest BCUT2D eigenvalue weighted by Gasteiger charge is 2.29. The Labute approximate surface area is 127 Å². The number of hydrogen-bond donors (Lipinski definition) is 3. The van der Waals surface area contributed by atoms with Gasteiger partial charge in [-0.15, -0.1) is 0 Å². The zero-order valence-corrected chi connectivity index (χ0v) is 11.3. The summed E-state index contributed by atoms with van der Waals surface area (Å²) in [6, 6.07) is 7.05. The Bertz CT molecular complexity index is 784. The summed E-state index contributed by atoms with van der Waals surface area (Å²) < 4.78 is 0. The van der Waals surface area contributed by atoms with E-state index >= 15 is 0 Å². The lowest BCUT2D eigenvalue weighted by molar-refractivity contribution is -0.392. The number of rotatable bonds is 5. The fourth-order valence-corrected chi connectivity index (χ4v) is 1.87. The average Bonchev–Trinajstić information content (AvgIpc) is 2.48. The predicted octanol–water partition coefficient (Wildman–Crippen LogP) is 2.65. The summed E-state index contributed by atoms with van der Waals surface area (Å²) in [7, 11) is 0. The standard InChI is InChI=1S/C13H9N3O7/c17-11-4-2-1-3-8(11)14-12-9(15(20)21)5-7(13(18)19)6-10(12)16(22)23/h1-6,14,17H,(H,18,19). The van der Waals surface area contributed by atoms with Crippen molar-refractivity contribution in [3.05, 3.63) is 62.2 Å². The first kappa shape index (κ1) is 15.7. The minimum atomic E-state index is -1.54. The maximum atomic E-state index is 11.1. The molecule has 10 nitrogen and oxygen atoms in total. The topological polar surface area (TPSA) is 156 Å². The third-order valence-electron chi connectivity index (χ3n) is 2.90. The molecule has 0 aliphatic rings. The molecule has 0 saturated heterocycles. The zero-order chi connectivity index (χ0) is 17.1. The molecule has 23 heavy (non-hydrogen) atoms. The van der Waals surface area contributed by atoms with Crippen molar-refractivity contribution >= 4 is 28.7 Å². The lowest BCUT2D eigenvalue weighted by atomic mass is 10.1. The molecule has 0 aliphatic heterocycles. The Balaban J connectivity index is 2.69. The molecule has 0 fully saturated rings. The number of aromatic carboxylic acids is 1. The molecule has 0 amide bonds. The lowest BCUT2D eigenvalue weighted by Crippen LogP contribution is -2.06. The first-order chi connectivity index (χ1) is 10.8. The Morgan fingerprint density at radius 1 is 1.04 bits per heavy atom. The molecule has 2 aromatic carbocycles. The summed E-state index contributed by atoms with van der Waals surface area (Å²) in [4.78, 5) is 31.4. The van der Waals surface area contributed by atoms with Crippen LogP contribution in [-0.4, -0.2) is 26.0 Å². The number of nitro groups is 2. The van der Waals surface area contributed by atoms with Gasteiger partial charge in [0.1, 0.15) is 5.75 Å². The summed E-state index contributed by atoms with van der Waals surface area (Å²) in [6.07, 6.45) is 0. The van der Waals surface area contributed by atoms with Gasteiger partial charge in [0.05, 0.1) is 21.1 Å². The molecular formula is C13H9N3O7. The van der Waals surface area contributed by atoms with Crippen LogP contribution in [0.15, 0.2) is 36.4 Å². The Morgan fingerprint density at radius 3 is 2.00 bits per heavy atom. The number of carboxylic acids is 1. The van der Waals surface area contributed by atoms with Gasteiger partial charge in [0.15, 0.2) is 5.69 Å². The maximum Gasteiger partial charge on any atom is 0.336 e. The van der Waals surface area contributed by atoms with E-state index in [2.05, 4.69) is 5.32 Å². The number of hydrogen-bond acceptors (Lipinski definition) is 7. The molecule has 0 aromatic heterocycles. The van der Waals surface area contributed by atoms with E-state index in [9.17, 15) is 30.1 Å². The number of para-hydroxylation sites is 2. The van der Waals surface area contributed by atoms with E-state index in [1.54, 1.807) is 0 Å². The van der Waals surface area contributed by atoms with Crippen molar-refractivity contribution in [2.24, 2.45) is 0 Å². The zero-order valence-electron chi connectivity index (χ0n) is 11.3. The van der Waals surface area contributed by atoms with Gasteiger partial charge in [-0.05, 0) is 12.1 Å². The van der Waals surface area contributed by atoms with Gasteiger partial charge >= 0.3 is 17.3 Å². The highest BCUT2D eigenvalue weighted by molar-refractivity contribution is 5.93. The molecule has 0 heterocycles. The summed E-state index contributed by atoms with van der Waals surface area (Å²) in [6.45, 7) is 0. The molecule has 0 saturated carbocycles. The number of aromatic hydroxyl groups is 1. The SMILES string of the molecule is O=C(O)c1cc([N+](=O)[O-])c(Nc2ccccc2O)c([N+](=O)[O-])c1. The van der Waals surface area contributed by atoms with E-state index in [4.69, 9.17) is 5.11 Å². The van der Waals surface area contributed by atoms with Crippen molar-refractivity contribution < 1.29 is 24.9 Å². The number of carbonyl (C=O) groups is 1. The van der Waals surface area contributed by atoms with E-state index in [0.29, 0.717) is 12.1 Å². The second kappa shape index (κ2) is 5.97. The lowest BCUT2D eigenvalue weighted by Gasteiger charge is -2.10. The number of anilines is 2. The number of nitrogens with one attached hydrogen (secondary N) is 1. The third-order valence-corrected chi connectivity index (χ3v) is 2.90. The van der Waals surface area contributed by atoms with Crippen molar-refractivity contribution in [2.45, 2.75) is 0 Å². The van der Waals surface area contributed by atoms with E-state index in [0.717, 1.165) is 0 Å². The van der Waals surface area contributed by atoms with E-state index in [1.165, 1.54) is 24.3 Å². The first-order valence-electron chi connectivity index (χ1n) is 6.06. The smallest absolute Gasteiger partial charge is 0.336 e. The van der Waals surface area contributed by atoms with E-state index in [1.807, 2.05) is 0 Å². The van der Waals surface area contributed by atoms with Crippen molar-refractivity contribution in [1.29, 1.82) is 0 Å². The Hall–Kier alpha value is -3.69. The van der Waals surface area contributed by atoms with Crippen molar-refractivity contribution in [1.82, 2.24) is 0 Å². The quantitative estimate of drug-likeness (QED) is 0.431. The van der Waals surface area contributed by atoms with Crippen LogP contribution in [0.1, 0.15) is 10.4 Å². The largest absolute Gasteiger partial charge is 0.506 e. The van der Waals surface area contributed by atoms with Gasteiger partial charge in [-0.3, -0.25) is 20.2 Å². The maximum absolute atomic E-state index is 11.1. The van der Waals surface area contributed by atoms with E-state index in [-0.39, 0.29) is 11.4 Å². The van der Waals surface area contributed by atoms with Crippen LogP contribution in [0, 0.1) is 20.2 Å². The highest BCUT2D eigenvalue weighted by Crippen LogP contribution is 2.39. The number of carboxylic acid groups (broad SMARTS) is 1. The minimum absolute atomic E-state index is 0.00164. The van der Waals surface area contributed by atoms with Crippen molar-refractivity contribution in [3.8, 4) is 5.75 Å². The number of benzene rings is 2. The van der Waals surface area contributed by atoms with Gasteiger partial charge < -0.3 is 15.5 Å². The average molecular weight is 319 g/mol. The van der Waals surface area contributed by atoms with Crippen molar-refractivity contribution in [3.63, 3.8) is 0 Å². The summed E-state index contributed by atoms with van der Waals surface area (Å²) >= 11 is 0. The number of phenols is 1. The third kappa shape index (κ3) is 3.15. The van der Waals surface area contributed by atoms with Gasteiger partial charge in [0, 0.05) is 12.1 Å². The summed E-state index contributed by atoms with van der Waals surface area (Å²) in [5.74, 6) is -1.82. The molecule has 0 bridgehead atoms. The molecule has 0 unspecified atom stereocenters. The van der Waals surface area contributed by atoms with Crippen LogP contribution in [0.5, 0.6) is 5.75 Å². The number of phenolic OH excluding ortho intramolecular Hbond substituents is 1. The van der Waals surface area contributed by atoms with Crippen LogP contribution < -0.4 is 5.32 Å². The monoisotopic (exact) mass is 319 g/mol. The molecule has 0 atom stereocenters. The molecule has 2 aromatic rings. The molecule has 2 rings (SSSR count). The predicted molar refractivity (Wildman–Crippen MR) is 78.1 cm³/mol.